The monoisotopic (exact) mass is 530 g/mol. The Bertz CT molecular complexity index is 1220. The van der Waals surface area contributed by atoms with Gasteiger partial charge in [0.2, 0.25) is 0 Å². The van der Waals surface area contributed by atoms with Crippen LogP contribution >= 0.6 is 23.2 Å². The lowest BCUT2D eigenvalue weighted by Crippen LogP contribution is -2.17. The molecule has 9 heteroatoms. The number of halogens is 2. The molecule has 0 fully saturated rings. The minimum Gasteiger partial charge on any atom is -0.490 e. The van der Waals surface area contributed by atoms with E-state index in [0.29, 0.717) is 58.4 Å². The van der Waals surface area contributed by atoms with Crippen LogP contribution in [0.15, 0.2) is 59.7 Å². The number of amides is 1. The predicted molar refractivity (Wildman–Crippen MR) is 142 cm³/mol. The molecule has 0 unspecified atom stereocenters. The zero-order valence-electron chi connectivity index (χ0n) is 20.3. The van der Waals surface area contributed by atoms with Gasteiger partial charge in [0.25, 0.3) is 5.91 Å². The molecule has 7 nitrogen and oxygen atoms in total. The summed E-state index contributed by atoms with van der Waals surface area (Å²) in [6, 6.07) is 15.6. The van der Waals surface area contributed by atoms with Gasteiger partial charge in [0.05, 0.1) is 26.0 Å². The zero-order chi connectivity index (χ0) is 25.9. The average molecular weight is 531 g/mol. The van der Waals surface area contributed by atoms with Crippen LogP contribution in [0.2, 0.25) is 10.0 Å². The molecule has 0 aliphatic rings. The second-order valence-electron chi connectivity index (χ2n) is 7.39. The third-order valence-corrected chi connectivity index (χ3v) is 5.44. The van der Waals surface area contributed by atoms with Gasteiger partial charge < -0.3 is 18.9 Å². The van der Waals surface area contributed by atoms with Gasteiger partial charge in [-0.3, -0.25) is 4.79 Å². The van der Waals surface area contributed by atoms with Crippen molar-refractivity contribution in [2.45, 2.75) is 27.4 Å². The topological polar surface area (TPSA) is 78.4 Å². The van der Waals surface area contributed by atoms with E-state index < -0.39 is 0 Å². The molecule has 1 N–H and O–H groups in total. The summed E-state index contributed by atoms with van der Waals surface area (Å²) < 4.78 is 22.8. The molecular weight excluding hydrogens is 503 g/mol. The molecule has 36 heavy (non-hydrogen) atoms. The first kappa shape index (κ1) is 27.2. The molecule has 0 radical (unpaired) electrons. The van der Waals surface area contributed by atoms with E-state index in [0.717, 1.165) is 11.1 Å². The van der Waals surface area contributed by atoms with Crippen LogP contribution in [0.5, 0.6) is 23.0 Å². The van der Waals surface area contributed by atoms with Crippen molar-refractivity contribution in [1.29, 1.82) is 0 Å². The minimum atomic E-state index is -0.375. The summed E-state index contributed by atoms with van der Waals surface area (Å²) in [4.78, 5) is 12.6. The maximum Gasteiger partial charge on any atom is 0.271 e. The number of hydrazone groups is 1. The molecule has 3 rings (SSSR count). The van der Waals surface area contributed by atoms with Crippen molar-refractivity contribution >= 4 is 35.3 Å². The van der Waals surface area contributed by atoms with E-state index >= 15 is 0 Å². The lowest BCUT2D eigenvalue weighted by atomic mass is 10.2. The Balaban J connectivity index is 1.67. The molecule has 1 amide bonds. The first-order valence-corrected chi connectivity index (χ1v) is 12.3. The van der Waals surface area contributed by atoms with E-state index in [1.54, 1.807) is 48.5 Å². The first-order valence-electron chi connectivity index (χ1n) is 11.5. The molecule has 0 aliphatic heterocycles. The van der Waals surface area contributed by atoms with Gasteiger partial charge >= 0.3 is 0 Å². The van der Waals surface area contributed by atoms with Crippen molar-refractivity contribution in [3.8, 4) is 23.0 Å². The van der Waals surface area contributed by atoms with Crippen LogP contribution in [0.1, 0.15) is 42.3 Å². The van der Waals surface area contributed by atoms with E-state index in [1.165, 1.54) is 6.21 Å². The standard InChI is InChI=1S/C27H28Cl2N2O5/c1-4-33-23-12-9-19(14-26(23)35-6-3)27(32)31-30-16-18-7-11-24(25(13-18)34-5-2)36-17-20-8-10-21(28)15-22(20)29/h7-16H,4-6,17H2,1-3H3,(H,31,32)/b30-16+. The van der Waals surface area contributed by atoms with Crippen molar-refractivity contribution in [1.82, 2.24) is 5.43 Å². The van der Waals surface area contributed by atoms with Gasteiger partial charge in [0, 0.05) is 21.2 Å². The quantitative estimate of drug-likeness (QED) is 0.212. The maximum absolute atomic E-state index is 12.6. The summed E-state index contributed by atoms with van der Waals surface area (Å²) in [7, 11) is 0. The highest BCUT2D eigenvalue weighted by Gasteiger charge is 2.12. The molecule has 190 valence electrons. The molecule has 0 bridgehead atoms. The van der Waals surface area contributed by atoms with Crippen molar-refractivity contribution in [3.63, 3.8) is 0 Å². The summed E-state index contributed by atoms with van der Waals surface area (Å²) in [5.41, 5.74) is 4.45. The Hall–Kier alpha value is -3.42. The van der Waals surface area contributed by atoms with E-state index in [1.807, 2.05) is 26.8 Å². The fourth-order valence-electron chi connectivity index (χ4n) is 3.21. The highest BCUT2D eigenvalue weighted by Crippen LogP contribution is 2.31. The number of ether oxygens (including phenoxy) is 4. The summed E-state index contributed by atoms with van der Waals surface area (Å²) in [5.74, 6) is 1.82. The van der Waals surface area contributed by atoms with E-state index in [-0.39, 0.29) is 12.5 Å². The van der Waals surface area contributed by atoms with Crippen LogP contribution in [0, 0.1) is 0 Å². The number of hydrogen-bond donors (Lipinski definition) is 1. The fraction of sp³-hybridized carbons (Fsp3) is 0.259. The van der Waals surface area contributed by atoms with E-state index in [4.69, 9.17) is 42.1 Å². The van der Waals surface area contributed by atoms with Crippen molar-refractivity contribution in [3.05, 3.63) is 81.3 Å². The molecular formula is C27H28Cl2N2O5. The maximum atomic E-state index is 12.6. The zero-order valence-corrected chi connectivity index (χ0v) is 21.9. The summed E-state index contributed by atoms with van der Waals surface area (Å²) in [5, 5.41) is 5.16. The van der Waals surface area contributed by atoms with Gasteiger partial charge in [0.1, 0.15) is 6.61 Å². The van der Waals surface area contributed by atoms with Crippen molar-refractivity contribution < 1.29 is 23.7 Å². The second-order valence-corrected chi connectivity index (χ2v) is 8.23. The number of benzene rings is 3. The Morgan fingerprint density at radius 3 is 2.14 bits per heavy atom. The number of carbonyl (C=O) groups is 1. The van der Waals surface area contributed by atoms with Crippen molar-refractivity contribution in [2.24, 2.45) is 5.10 Å². The van der Waals surface area contributed by atoms with Crippen LogP contribution in [0.25, 0.3) is 0 Å². The van der Waals surface area contributed by atoms with Gasteiger partial charge in [-0.2, -0.15) is 5.10 Å². The normalized spacial score (nSPS) is 10.8. The number of carbonyl (C=O) groups excluding carboxylic acids is 1. The summed E-state index contributed by atoms with van der Waals surface area (Å²) >= 11 is 12.2. The molecule has 0 heterocycles. The second kappa shape index (κ2) is 13.6. The minimum absolute atomic E-state index is 0.255. The molecule has 0 atom stereocenters. The molecule has 0 aliphatic carbocycles. The van der Waals surface area contributed by atoms with Gasteiger partial charge in [-0.1, -0.05) is 29.3 Å². The van der Waals surface area contributed by atoms with Crippen LogP contribution in [-0.4, -0.2) is 31.9 Å². The number of nitrogens with zero attached hydrogens (tertiary/aromatic N) is 1. The summed E-state index contributed by atoms with van der Waals surface area (Å²) in [6.45, 7) is 7.30. The van der Waals surface area contributed by atoms with Gasteiger partial charge in [-0.25, -0.2) is 5.43 Å². The van der Waals surface area contributed by atoms with Crippen LogP contribution in [0.3, 0.4) is 0 Å². The Morgan fingerprint density at radius 1 is 0.806 bits per heavy atom. The number of rotatable bonds is 12. The first-order chi connectivity index (χ1) is 17.4. The molecule has 0 aromatic heterocycles. The van der Waals surface area contributed by atoms with E-state index in [2.05, 4.69) is 10.5 Å². The van der Waals surface area contributed by atoms with Crippen molar-refractivity contribution in [2.75, 3.05) is 19.8 Å². The highest BCUT2D eigenvalue weighted by atomic mass is 35.5. The smallest absolute Gasteiger partial charge is 0.271 e. The fourth-order valence-corrected chi connectivity index (χ4v) is 3.67. The molecule has 0 spiro atoms. The molecule has 3 aromatic rings. The predicted octanol–water partition coefficient (Wildman–Crippen LogP) is 6.53. The van der Waals surface area contributed by atoms with Gasteiger partial charge in [0.15, 0.2) is 23.0 Å². The Morgan fingerprint density at radius 2 is 1.44 bits per heavy atom. The molecule has 0 saturated heterocycles. The SMILES string of the molecule is CCOc1ccc(C(=O)N/N=C/c2ccc(OCc3ccc(Cl)cc3Cl)c(OCC)c2)cc1OCC. The van der Waals surface area contributed by atoms with Gasteiger partial charge in [-0.15, -0.1) is 0 Å². The Kier molecular flexibility index (Phi) is 10.3. The van der Waals surface area contributed by atoms with Crippen LogP contribution in [0.4, 0.5) is 0 Å². The number of nitrogens with one attached hydrogen (secondary N) is 1. The lowest BCUT2D eigenvalue weighted by molar-refractivity contribution is 0.0954. The third kappa shape index (κ3) is 7.54. The number of hydrogen-bond acceptors (Lipinski definition) is 6. The highest BCUT2D eigenvalue weighted by molar-refractivity contribution is 6.35. The molecule has 0 saturated carbocycles. The summed E-state index contributed by atoms with van der Waals surface area (Å²) in [6.07, 6.45) is 1.53. The third-order valence-electron chi connectivity index (χ3n) is 4.85. The lowest BCUT2D eigenvalue weighted by Gasteiger charge is -2.13. The largest absolute Gasteiger partial charge is 0.490 e. The molecule has 3 aromatic carbocycles. The van der Waals surface area contributed by atoms with Crippen LogP contribution < -0.4 is 24.4 Å². The van der Waals surface area contributed by atoms with Crippen LogP contribution in [-0.2, 0) is 6.61 Å². The van der Waals surface area contributed by atoms with E-state index in [9.17, 15) is 4.79 Å². The average Bonchev–Trinajstić information content (AvgIpc) is 2.86. The Labute approximate surface area is 220 Å². The van der Waals surface area contributed by atoms with Gasteiger partial charge in [-0.05, 0) is 74.9 Å².